The van der Waals surface area contributed by atoms with Gasteiger partial charge in [-0.05, 0) is 24.3 Å². The molecule has 0 amide bonds. The maximum Gasteiger partial charge on any atom is 0.265 e. The van der Waals surface area contributed by atoms with Crippen LogP contribution in [0.2, 0.25) is 0 Å². The molecule has 0 aliphatic carbocycles. The highest BCUT2D eigenvalue weighted by atomic mass is 32.2. The van der Waals surface area contributed by atoms with Crippen LogP contribution in [0.1, 0.15) is 0 Å². The molecule has 2 rings (SSSR count). The molecule has 6 nitrogen and oxygen atoms in total. The fourth-order valence-corrected chi connectivity index (χ4v) is 2.73. The summed E-state index contributed by atoms with van der Waals surface area (Å²) < 4.78 is 31.9. The monoisotopic (exact) mass is 279 g/mol. The molecular formula is C12H13N3O3S. The number of rotatable bonds is 4. The number of hydrogen-bond donors (Lipinski definition) is 2. The molecular weight excluding hydrogens is 266 g/mol. The van der Waals surface area contributed by atoms with E-state index < -0.39 is 10.0 Å². The van der Waals surface area contributed by atoms with Crippen molar-refractivity contribution >= 4 is 21.4 Å². The second-order valence-electron chi connectivity index (χ2n) is 3.76. The lowest BCUT2D eigenvalue weighted by Crippen LogP contribution is -2.14. The first kappa shape index (κ1) is 13.2. The van der Waals surface area contributed by atoms with Crippen LogP contribution in [0.5, 0.6) is 5.75 Å². The molecule has 1 aromatic heterocycles. The van der Waals surface area contributed by atoms with Gasteiger partial charge in [0, 0.05) is 18.0 Å². The van der Waals surface area contributed by atoms with Gasteiger partial charge < -0.3 is 10.5 Å². The molecule has 0 unspecified atom stereocenters. The first-order chi connectivity index (χ1) is 9.03. The zero-order valence-electron chi connectivity index (χ0n) is 10.2. The number of anilines is 2. The summed E-state index contributed by atoms with van der Waals surface area (Å²) in [6, 6.07) is 7.59. The van der Waals surface area contributed by atoms with Gasteiger partial charge in [-0.3, -0.25) is 9.71 Å². The van der Waals surface area contributed by atoms with Crippen molar-refractivity contribution in [3.8, 4) is 5.75 Å². The predicted octanol–water partition coefficient (Wildman–Crippen LogP) is 1.47. The van der Waals surface area contributed by atoms with Crippen LogP contribution in [0.25, 0.3) is 0 Å². The predicted molar refractivity (Wildman–Crippen MR) is 72.5 cm³/mol. The summed E-state index contributed by atoms with van der Waals surface area (Å²) in [4.78, 5) is 3.86. The Morgan fingerprint density at radius 1 is 1.32 bits per heavy atom. The Hall–Kier alpha value is -2.28. The minimum absolute atomic E-state index is 0.0213. The Bertz CT molecular complexity index is 672. The summed E-state index contributed by atoms with van der Waals surface area (Å²) in [5, 5.41) is 0. The molecule has 3 N–H and O–H groups in total. The van der Waals surface area contributed by atoms with Crippen LogP contribution < -0.4 is 15.2 Å². The fraction of sp³-hybridized carbons (Fsp3) is 0.0833. The maximum absolute atomic E-state index is 12.2. The molecule has 1 aromatic carbocycles. The number of benzene rings is 1. The fourth-order valence-electron chi connectivity index (χ4n) is 1.54. The van der Waals surface area contributed by atoms with Gasteiger partial charge in [-0.1, -0.05) is 0 Å². The molecule has 2 aromatic rings. The topological polar surface area (TPSA) is 94.3 Å². The van der Waals surface area contributed by atoms with E-state index in [-0.39, 0.29) is 10.6 Å². The molecule has 0 spiro atoms. The van der Waals surface area contributed by atoms with Gasteiger partial charge in [0.2, 0.25) is 0 Å². The number of methoxy groups -OCH3 is 1. The van der Waals surface area contributed by atoms with Gasteiger partial charge in [-0.15, -0.1) is 0 Å². The van der Waals surface area contributed by atoms with Crippen LogP contribution in [0, 0.1) is 0 Å². The van der Waals surface area contributed by atoms with Crippen molar-refractivity contribution in [2.24, 2.45) is 0 Å². The lowest BCUT2D eigenvalue weighted by molar-refractivity contribution is 0.403. The van der Waals surface area contributed by atoms with E-state index in [2.05, 4.69) is 9.71 Å². The van der Waals surface area contributed by atoms with Crippen molar-refractivity contribution in [3.63, 3.8) is 0 Å². The Morgan fingerprint density at radius 3 is 2.74 bits per heavy atom. The average molecular weight is 279 g/mol. The highest BCUT2D eigenvalue weighted by Gasteiger charge is 2.19. The van der Waals surface area contributed by atoms with Gasteiger partial charge >= 0.3 is 0 Å². The molecule has 0 saturated heterocycles. The minimum Gasteiger partial charge on any atom is -0.495 e. The Labute approximate surface area is 111 Å². The van der Waals surface area contributed by atoms with Crippen molar-refractivity contribution in [1.29, 1.82) is 0 Å². The largest absolute Gasteiger partial charge is 0.495 e. The molecule has 1 heterocycles. The number of nitrogen functional groups attached to an aromatic ring is 1. The SMILES string of the molecule is COc1cc(N)ccc1S(=O)(=O)Nc1cccnc1. The lowest BCUT2D eigenvalue weighted by Gasteiger charge is -2.11. The number of hydrogen-bond acceptors (Lipinski definition) is 5. The van der Waals surface area contributed by atoms with E-state index in [9.17, 15) is 8.42 Å². The molecule has 0 aliphatic heterocycles. The number of nitrogens with one attached hydrogen (secondary N) is 1. The standard InChI is InChI=1S/C12H13N3O3S/c1-18-11-7-9(13)4-5-12(11)19(16,17)15-10-3-2-6-14-8-10/h2-8,15H,13H2,1H3. The first-order valence-corrected chi connectivity index (χ1v) is 6.87. The molecule has 0 bridgehead atoms. The molecule has 100 valence electrons. The average Bonchev–Trinajstić information content (AvgIpc) is 2.38. The highest BCUT2D eigenvalue weighted by Crippen LogP contribution is 2.27. The van der Waals surface area contributed by atoms with Crippen LogP contribution in [0.3, 0.4) is 0 Å². The van der Waals surface area contributed by atoms with E-state index in [1.54, 1.807) is 18.3 Å². The normalized spacial score (nSPS) is 11.0. The smallest absolute Gasteiger partial charge is 0.265 e. The van der Waals surface area contributed by atoms with Crippen LogP contribution in [0.4, 0.5) is 11.4 Å². The molecule has 7 heteroatoms. The van der Waals surface area contributed by atoms with Gasteiger partial charge in [0.25, 0.3) is 10.0 Å². The third kappa shape index (κ3) is 2.94. The van der Waals surface area contributed by atoms with Crippen molar-refractivity contribution < 1.29 is 13.2 Å². The zero-order chi connectivity index (χ0) is 13.9. The van der Waals surface area contributed by atoms with Gasteiger partial charge in [0.15, 0.2) is 0 Å². The number of sulfonamides is 1. The lowest BCUT2D eigenvalue weighted by atomic mass is 10.3. The molecule has 0 aliphatic rings. The van der Waals surface area contributed by atoms with Gasteiger partial charge in [0.1, 0.15) is 10.6 Å². The van der Waals surface area contributed by atoms with Gasteiger partial charge in [-0.25, -0.2) is 8.42 Å². The Kier molecular flexibility index (Phi) is 3.57. The maximum atomic E-state index is 12.2. The molecule has 0 radical (unpaired) electrons. The second kappa shape index (κ2) is 5.15. The molecule has 0 saturated carbocycles. The van der Waals surface area contributed by atoms with Crippen LogP contribution in [-0.4, -0.2) is 20.5 Å². The summed E-state index contributed by atoms with van der Waals surface area (Å²) in [6.07, 6.45) is 2.98. The van der Waals surface area contributed by atoms with Crippen LogP contribution >= 0.6 is 0 Å². The number of ether oxygens (including phenoxy) is 1. The van der Waals surface area contributed by atoms with E-state index in [1.165, 1.54) is 31.5 Å². The van der Waals surface area contributed by atoms with E-state index in [0.717, 1.165) is 0 Å². The minimum atomic E-state index is -3.74. The molecule has 0 atom stereocenters. The van der Waals surface area contributed by atoms with Crippen LogP contribution in [0.15, 0.2) is 47.6 Å². The van der Waals surface area contributed by atoms with Gasteiger partial charge in [0.05, 0.1) is 19.0 Å². The number of pyridine rings is 1. The summed E-state index contributed by atoms with van der Waals surface area (Å²) in [6.45, 7) is 0. The quantitative estimate of drug-likeness (QED) is 0.826. The third-order valence-electron chi connectivity index (χ3n) is 2.39. The van der Waals surface area contributed by atoms with E-state index in [1.807, 2.05) is 0 Å². The van der Waals surface area contributed by atoms with Crippen molar-refractivity contribution in [2.45, 2.75) is 4.90 Å². The summed E-state index contributed by atoms with van der Waals surface area (Å²) >= 11 is 0. The number of aromatic nitrogens is 1. The third-order valence-corrected chi connectivity index (χ3v) is 3.81. The van der Waals surface area contributed by atoms with Gasteiger partial charge in [-0.2, -0.15) is 0 Å². The number of nitrogens with two attached hydrogens (primary N) is 1. The molecule has 0 fully saturated rings. The summed E-state index contributed by atoms with van der Waals surface area (Å²) in [7, 11) is -2.36. The molecule has 19 heavy (non-hydrogen) atoms. The van der Waals surface area contributed by atoms with E-state index in [4.69, 9.17) is 10.5 Å². The highest BCUT2D eigenvalue weighted by molar-refractivity contribution is 7.92. The van der Waals surface area contributed by atoms with Crippen molar-refractivity contribution in [3.05, 3.63) is 42.7 Å². The number of nitrogens with zero attached hydrogens (tertiary/aromatic N) is 1. The van der Waals surface area contributed by atoms with E-state index >= 15 is 0 Å². The van der Waals surface area contributed by atoms with Crippen LogP contribution in [-0.2, 0) is 10.0 Å². The summed E-state index contributed by atoms with van der Waals surface area (Å²) in [5.74, 6) is 0.191. The summed E-state index contributed by atoms with van der Waals surface area (Å²) in [5.41, 5.74) is 6.40. The first-order valence-electron chi connectivity index (χ1n) is 5.39. The Balaban J connectivity index is 2.40. The zero-order valence-corrected chi connectivity index (χ0v) is 11.0. The van der Waals surface area contributed by atoms with Crippen molar-refractivity contribution in [2.75, 3.05) is 17.6 Å². The Morgan fingerprint density at radius 2 is 2.11 bits per heavy atom. The second-order valence-corrected chi connectivity index (χ2v) is 5.41. The van der Waals surface area contributed by atoms with Crippen molar-refractivity contribution in [1.82, 2.24) is 4.98 Å². The van der Waals surface area contributed by atoms with E-state index in [0.29, 0.717) is 11.4 Å².